The van der Waals surface area contributed by atoms with Crippen molar-refractivity contribution in [2.24, 2.45) is 0 Å². The van der Waals surface area contributed by atoms with E-state index in [4.69, 9.17) is 11.6 Å². The van der Waals surface area contributed by atoms with Gasteiger partial charge in [-0.25, -0.2) is 17.5 Å². The summed E-state index contributed by atoms with van der Waals surface area (Å²) in [5, 5.41) is 2.68. The van der Waals surface area contributed by atoms with E-state index in [2.05, 4.69) is 10.0 Å². The first-order valence-corrected chi connectivity index (χ1v) is 8.04. The zero-order valence-corrected chi connectivity index (χ0v) is 12.8. The van der Waals surface area contributed by atoms with Gasteiger partial charge in [-0.2, -0.15) is 0 Å². The molecule has 22 heavy (non-hydrogen) atoms. The van der Waals surface area contributed by atoms with Gasteiger partial charge >= 0.3 is 0 Å². The first-order chi connectivity index (χ1) is 10.4. The highest BCUT2D eigenvalue weighted by atomic mass is 35.5. The first kappa shape index (κ1) is 16.4. The predicted molar refractivity (Wildman–Crippen MR) is 81.7 cm³/mol. The summed E-state index contributed by atoms with van der Waals surface area (Å²) in [5.41, 5.74) is -0.0156. The molecule has 0 spiro atoms. The molecule has 0 atom stereocenters. The van der Waals surface area contributed by atoms with E-state index in [1.807, 2.05) is 0 Å². The number of hydrogen-bond acceptors (Lipinski definition) is 3. The van der Waals surface area contributed by atoms with E-state index in [-0.39, 0.29) is 10.6 Å². The van der Waals surface area contributed by atoms with Crippen LogP contribution in [0.5, 0.6) is 0 Å². The third-order valence-electron chi connectivity index (χ3n) is 2.69. The standard InChI is InChI=1S/C14H12ClFN2O3S/c15-10-5-7-11(8-6-10)22(20,21)17-9-14(19)18-13-4-2-1-3-12(13)16/h1-8,17H,9H2,(H,18,19). The predicted octanol–water partition coefficient (Wildman–Crippen LogP) is 2.40. The molecule has 2 aromatic carbocycles. The van der Waals surface area contributed by atoms with Gasteiger partial charge in [0.2, 0.25) is 15.9 Å². The Morgan fingerprint density at radius 2 is 1.73 bits per heavy atom. The highest BCUT2D eigenvalue weighted by Gasteiger charge is 2.15. The van der Waals surface area contributed by atoms with Crippen LogP contribution in [0.15, 0.2) is 53.4 Å². The number of benzene rings is 2. The minimum absolute atomic E-state index is 0.0156. The lowest BCUT2D eigenvalue weighted by atomic mass is 10.3. The molecule has 0 unspecified atom stereocenters. The molecule has 0 bridgehead atoms. The maximum absolute atomic E-state index is 13.4. The second-order valence-corrected chi connectivity index (χ2v) is 6.51. The van der Waals surface area contributed by atoms with Gasteiger partial charge in [0, 0.05) is 5.02 Å². The van der Waals surface area contributed by atoms with Crippen molar-refractivity contribution in [2.45, 2.75) is 4.90 Å². The summed E-state index contributed by atoms with van der Waals surface area (Å²) in [6, 6.07) is 11.1. The Hall–Kier alpha value is -1.96. The monoisotopic (exact) mass is 342 g/mol. The van der Waals surface area contributed by atoms with Crippen LogP contribution in [0.2, 0.25) is 5.02 Å². The van der Waals surface area contributed by atoms with Crippen molar-refractivity contribution in [3.8, 4) is 0 Å². The maximum Gasteiger partial charge on any atom is 0.241 e. The number of anilines is 1. The van der Waals surface area contributed by atoms with Gasteiger partial charge in [-0.1, -0.05) is 23.7 Å². The Kier molecular flexibility index (Phi) is 5.12. The smallest absolute Gasteiger partial charge is 0.241 e. The second-order valence-electron chi connectivity index (χ2n) is 4.31. The summed E-state index contributed by atoms with van der Waals surface area (Å²) < 4.78 is 39.4. The molecule has 5 nitrogen and oxygen atoms in total. The fourth-order valence-electron chi connectivity index (χ4n) is 1.61. The van der Waals surface area contributed by atoms with Gasteiger partial charge < -0.3 is 5.32 Å². The van der Waals surface area contributed by atoms with E-state index in [1.165, 1.54) is 42.5 Å². The van der Waals surface area contributed by atoms with Gasteiger partial charge in [0.15, 0.2) is 0 Å². The minimum Gasteiger partial charge on any atom is -0.322 e. The summed E-state index contributed by atoms with van der Waals surface area (Å²) >= 11 is 5.68. The van der Waals surface area contributed by atoms with Crippen molar-refractivity contribution in [3.63, 3.8) is 0 Å². The number of amides is 1. The normalized spacial score (nSPS) is 11.2. The Bertz CT molecular complexity index is 779. The lowest BCUT2D eigenvalue weighted by molar-refractivity contribution is -0.115. The SMILES string of the molecule is O=C(CNS(=O)(=O)c1ccc(Cl)cc1)Nc1ccccc1F. The average molecular weight is 343 g/mol. The Balaban J connectivity index is 1.98. The van der Waals surface area contributed by atoms with Crippen LogP contribution in [0.3, 0.4) is 0 Å². The van der Waals surface area contributed by atoms with Crippen LogP contribution in [0.25, 0.3) is 0 Å². The van der Waals surface area contributed by atoms with E-state index >= 15 is 0 Å². The molecule has 2 rings (SSSR count). The van der Waals surface area contributed by atoms with Crippen LogP contribution < -0.4 is 10.0 Å². The Morgan fingerprint density at radius 3 is 2.36 bits per heavy atom. The molecule has 8 heteroatoms. The van der Waals surface area contributed by atoms with E-state index in [9.17, 15) is 17.6 Å². The fourth-order valence-corrected chi connectivity index (χ4v) is 2.72. The van der Waals surface area contributed by atoms with Crippen molar-refractivity contribution in [1.82, 2.24) is 4.72 Å². The Labute approximate surface area is 132 Å². The van der Waals surface area contributed by atoms with Crippen LogP contribution in [0.4, 0.5) is 10.1 Å². The lowest BCUT2D eigenvalue weighted by Crippen LogP contribution is -2.33. The van der Waals surface area contributed by atoms with Gasteiger partial charge in [-0.05, 0) is 36.4 Å². The fraction of sp³-hybridized carbons (Fsp3) is 0.0714. The second kappa shape index (κ2) is 6.87. The molecular weight excluding hydrogens is 331 g/mol. The lowest BCUT2D eigenvalue weighted by Gasteiger charge is -2.08. The summed E-state index contributed by atoms with van der Waals surface area (Å²) in [6.45, 7) is -0.515. The minimum atomic E-state index is -3.84. The van der Waals surface area contributed by atoms with Crippen molar-refractivity contribution in [2.75, 3.05) is 11.9 Å². The van der Waals surface area contributed by atoms with Gasteiger partial charge in [0.25, 0.3) is 0 Å². The van der Waals surface area contributed by atoms with Crippen molar-refractivity contribution in [1.29, 1.82) is 0 Å². The van der Waals surface area contributed by atoms with Gasteiger partial charge in [-0.15, -0.1) is 0 Å². The van der Waals surface area contributed by atoms with Crippen LogP contribution in [0.1, 0.15) is 0 Å². The van der Waals surface area contributed by atoms with Crippen LogP contribution in [-0.4, -0.2) is 20.9 Å². The molecule has 0 aliphatic carbocycles. The van der Waals surface area contributed by atoms with Crippen molar-refractivity contribution in [3.05, 3.63) is 59.4 Å². The number of sulfonamides is 1. The number of nitrogens with one attached hydrogen (secondary N) is 2. The molecule has 0 aromatic heterocycles. The third kappa shape index (κ3) is 4.27. The molecule has 2 N–H and O–H groups in total. The molecule has 116 valence electrons. The molecule has 0 aliphatic rings. The Morgan fingerprint density at radius 1 is 1.09 bits per heavy atom. The quantitative estimate of drug-likeness (QED) is 0.876. The number of hydrogen-bond donors (Lipinski definition) is 2. The van der Waals surface area contributed by atoms with Crippen LogP contribution in [-0.2, 0) is 14.8 Å². The zero-order valence-electron chi connectivity index (χ0n) is 11.2. The first-order valence-electron chi connectivity index (χ1n) is 6.18. The van der Waals surface area contributed by atoms with Gasteiger partial charge in [-0.3, -0.25) is 4.79 Å². The van der Waals surface area contributed by atoms with Crippen LogP contribution in [0, 0.1) is 5.82 Å². The molecule has 0 heterocycles. The number of carbonyl (C=O) groups excluding carboxylic acids is 1. The van der Waals surface area contributed by atoms with E-state index in [0.29, 0.717) is 5.02 Å². The van der Waals surface area contributed by atoms with Crippen molar-refractivity contribution >= 4 is 33.2 Å². The topological polar surface area (TPSA) is 75.3 Å². The molecular formula is C14H12ClFN2O3S. The molecule has 0 radical (unpaired) electrons. The van der Waals surface area contributed by atoms with Gasteiger partial charge in [0.05, 0.1) is 17.1 Å². The maximum atomic E-state index is 13.4. The summed E-state index contributed by atoms with van der Waals surface area (Å²) in [5.74, 6) is -1.28. The highest BCUT2D eigenvalue weighted by Crippen LogP contribution is 2.14. The summed E-state index contributed by atoms with van der Waals surface area (Å²) in [6.07, 6.45) is 0. The largest absolute Gasteiger partial charge is 0.322 e. The summed E-state index contributed by atoms with van der Waals surface area (Å²) in [4.78, 5) is 11.7. The van der Waals surface area contributed by atoms with Gasteiger partial charge in [0.1, 0.15) is 5.82 Å². The van der Waals surface area contributed by atoms with E-state index in [1.54, 1.807) is 6.07 Å². The number of halogens is 2. The van der Waals surface area contributed by atoms with Crippen molar-refractivity contribution < 1.29 is 17.6 Å². The summed E-state index contributed by atoms with van der Waals surface area (Å²) in [7, 11) is -3.84. The molecule has 0 aliphatic heterocycles. The molecule has 0 saturated carbocycles. The molecule has 2 aromatic rings. The zero-order chi connectivity index (χ0) is 16.2. The number of carbonyl (C=O) groups is 1. The average Bonchev–Trinajstić information content (AvgIpc) is 2.48. The van der Waals surface area contributed by atoms with E-state index < -0.39 is 28.3 Å². The third-order valence-corrected chi connectivity index (χ3v) is 4.36. The molecule has 0 saturated heterocycles. The number of rotatable bonds is 5. The van der Waals surface area contributed by atoms with E-state index in [0.717, 1.165) is 0 Å². The molecule has 1 amide bonds. The molecule has 0 fully saturated rings. The van der Waals surface area contributed by atoms with Crippen LogP contribution >= 0.6 is 11.6 Å². The number of para-hydroxylation sites is 1. The highest BCUT2D eigenvalue weighted by molar-refractivity contribution is 7.89.